The molecule has 0 unspecified atom stereocenters. The highest BCUT2D eigenvalue weighted by Gasteiger charge is 2.17. The molecule has 2 aromatic rings. The number of rotatable bonds is 4. The summed E-state index contributed by atoms with van der Waals surface area (Å²) in [5, 5.41) is 21.3. The normalized spacial score (nSPS) is 10.1. The Morgan fingerprint density at radius 2 is 1.35 bits per heavy atom. The highest BCUT2D eigenvalue weighted by Crippen LogP contribution is 2.21. The lowest BCUT2D eigenvalue weighted by Crippen LogP contribution is -2.00. The molecule has 8 nitrogen and oxygen atoms in total. The molecule has 26 heavy (non-hydrogen) atoms. The first-order valence-electron chi connectivity index (χ1n) is 6.85. The fourth-order valence-corrected chi connectivity index (χ4v) is 2.58. The first-order chi connectivity index (χ1) is 12.1. The zero-order valence-electron chi connectivity index (χ0n) is 13.5. The van der Waals surface area contributed by atoms with Gasteiger partial charge in [-0.15, -0.1) is 0 Å². The van der Waals surface area contributed by atoms with Crippen LogP contribution in [0.4, 0.5) is 20.2 Å². The number of halogens is 4. The summed E-state index contributed by atoms with van der Waals surface area (Å²) in [7, 11) is 0. The second-order valence-electron chi connectivity index (χ2n) is 4.82. The van der Waals surface area contributed by atoms with Gasteiger partial charge in [0.05, 0.1) is 38.7 Å². The molecule has 2 heterocycles. The number of nitrogens with zero attached hydrogens (tertiary/aromatic N) is 4. The summed E-state index contributed by atoms with van der Waals surface area (Å²) >= 11 is 6.08. The van der Waals surface area contributed by atoms with E-state index in [-0.39, 0.29) is 44.8 Å². The predicted octanol–water partition coefficient (Wildman–Crippen LogP) is 4.66. The second-order valence-corrected chi connectivity index (χ2v) is 5.95. The van der Waals surface area contributed by atoms with Crippen molar-refractivity contribution in [2.24, 2.45) is 0 Å². The van der Waals surface area contributed by atoms with Crippen LogP contribution in [-0.2, 0) is 10.7 Å². The van der Waals surface area contributed by atoms with Crippen LogP contribution in [0, 0.1) is 45.7 Å². The number of nitro groups is 2. The summed E-state index contributed by atoms with van der Waals surface area (Å²) in [5.74, 6) is -1.31. The first-order valence-corrected chi connectivity index (χ1v) is 9.09. The molecule has 0 bridgehead atoms. The summed E-state index contributed by atoms with van der Waals surface area (Å²) in [6.07, 6.45) is 0. The topological polar surface area (TPSA) is 112 Å². The Morgan fingerprint density at radius 3 is 1.81 bits per heavy atom. The van der Waals surface area contributed by atoms with E-state index in [0.29, 0.717) is 0 Å². The summed E-state index contributed by atoms with van der Waals surface area (Å²) in [5.41, 5.74) is 0.232. The van der Waals surface area contributed by atoms with Crippen molar-refractivity contribution in [3.63, 3.8) is 0 Å². The number of hydrogen-bond donors (Lipinski definition) is 0. The van der Waals surface area contributed by atoms with E-state index in [4.69, 9.17) is 0 Å². The molecule has 2 rings (SSSR count). The van der Waals surface area contributed by atoms with Crippen molar-refractivity contribution in [1.82, 2.24) is 9.97 Å². The van der Waals surface area contributed by atoms with Crippen LogP contribution in [0.1, 0.15) is 22.8 Å². The Morgan fingerprint density at radius 1 is 0.885 bits per heavy atom. The minimum atomic E-state index is -0.658. The van der Waals surface area contributed by atoms with Crippen LogP contribution in [0.25, 0.3) is 0 Å². The number of alkyl halides is 2. The zero-order valence-corrected chi connectivity index (χ0v) is 16.7. The Kier molecular flexibility index (Phi) is 8.08. The fraction of sp³-hybridized carbons (Fsp3) is 0.286. The molecule has 0 atom stereocenters. The standard InChI is InChI=1S/2C7H6BrFN2O2/c1-4-7(11(12)13)2-5(9)6(3-8)10-4;1-4-5(9)2-7(11(12)13)6(3-8)10-4/h2*2H,3H2,1H3. The van der Waals surface area contributed by atoms with E-state index in [1.165, 1.54) is 13.8 Å². The van der Waals surface area contributed by atoms with Crippen molar-refractivity contribution in [3.05, 3.63) is 66.8 Å². The van der Waals surface area contributed by atoms with Gasteiger partial charge in [0.25, 0.3) is 11.4 Å². The molecule has 0 aliphatic rings. The lowest BCUT2D eigenvalue weighted by molar-refractivity contribution is -0.386. The maximum Gasteiger partial charge on any atom is 0.294 e. The second kappa shape index (κ2) is 9.57. The summed E-state index contributed by atoms with van der Waals surface area (Å²) in [4.78, 5) is 27.0. The van der Waals surface area contributed by atoms with Gasteiger partial charge in [-0.25, -0.2) is 18.7 Å². The SMILES string of the molecule is Cc1nc(CBr)c(F)cc1[N+](=O)[O-].Cc1nc(CBr)c([N+](=O)[O-])cc1F. The molecule has 12 heteroatoms. The van der Waals surface area contributed by atoms with E-state index in [2.05, 4.69) is 41.8 Å². The van der Waals surface area contributed by atoms with E-state index >= 15 is 0 Å². The molecule has 0 radical (unpaired) electrons. The number of aromatic nitrogens is 2. The molecular weight excluding hydrogens is 486 g/mol. The van der Waals surface area contributed by atoms with Crippen LogP contribution in [0.5, 0.6) is 0 Å². The van der Waals surface area contributed by atoms with Crippen molar-refractivity contribution < 1.29 is 18.6 Å². The van der Waals surface area contributed by atoms with Gasteiger partial charge in [0, 0.05) is 5.33 Å². The van der Waals surface area contributed by atoms with E-state index in [0.717, 1.165) is 12.1 Å². The average Bonchev–Trinajstić information content (AvgIpc) is 2.58. The highest BCUT2D eigenvalue weighted by atomic mass is 79.9. The summed E-state index contributed by atoms with van der Waals surface area (Å²) in [6.45, 7) is 2.94. The van der Waals surface area contributed by atoms with Crippen molar-refractivity contribution in [3.8, 4) is 0 Å². The predicted molar refractivity (Wildman–Crippen MR) is 96.4 cm³/mol. The van der Waals surface area contributed by atoms with Gasteiger partial charge in [-0.05, 0) is 13.8 Å². The summed E-state index contributed by atoms with van der Waals surface area (Å²) in [6, 6.07) is 1.78. The lowest BCUT2D eigenvalue weighted by atomic mass is 10.3. The maximum absolute atomic E-state index is 13.0. The molecule has 0 saturated carbocycles. The fourth-order valence-electron chi connectivity index (χ4n) is 1.78. The molecule has 0 amide bonds. The third-order valence-electron chi connectivity index (χ3n) is 3.07. The Hall–Kier alpha value is -2.08. The van der Waals surface area contributed by atoms with Gasteiger partial charge in [0.15, 0.2) is 11.6 Å². The summed E-state index contributed by atoms with van der Waals surface area (Å²) < 4.78 is 25.9. The van der Waals surface area contributed by atoms with Crippen LogP contribution in [0.3, 0.4) is 0 Å². The van der Waals surface area contributed by atoms with Crippen molar-refractivity contribution in [2.75, 3.05) is 0 Å². The van der Waals surface area contributed by atoms with Crippen molar-refractivity contribution in [2.45, 2.75) is 24.5 Å². The molecule has 0 aliphatic carbocycles. The minimum Gasteiger partial charge on any atom is -0.258 e. The van der Waals surface area contributed by atoms with Gasteiger partial charge in [-0.3, -0.25) is 20.2 Å². The third kappa shape index (κ3) is 5.46. The number of aryl methyl sites for hydroxylation is 2. The van der Waals surface area contributed by atoms with Crippen LogP contribution in [-0.4, -0.2) is 19.8 Å². The number of hydrogen-bond acceptors (Lipinski definition) is 6. The van der Waals surface area contributed by atoms with Crippen molar-refractivity contribution in [1.29, 1.82) is 0 Å². The smallest absolute Gasteiger partial charge is 0.258 e. The molecule has 140 valence electrons. The average molecular weight is 498 g/mol. The highest BCUT2D eigenvalue weighted by molar-refractivity contribution is 9.08. The maximum atomic E-state index is 13.0. The lowest BCUT2D eigenvalue weighted by Gasteiger charge is -2.00. The van der Waals surface area contributed by atoms with Crippen LogP contribution >= 0.6 is 31.9 Å². The monoisotopic (exact) mass is 496 g/mol. The number of pyridine rings is 2. The van der Waals surface area contributed by atoms with E-state index in [1.807, 2.05) is 0 Å². The molecule has 0 N–H and O–H groups in total. The molecule has 2 aromatic heterocycles. The van der Waals surface area contributed by atoms with E-state index in [1.54, 1.807) is 0 Å². The van der Waals surface area contributed by atoms with Gasteiger partial charge in [-0.2, -0.15) is 0 Å². The Labute approximate surface area is 163 Å². The van der Waals surface area contributed by atoms with Gasteiger partial charge in [0.1, 0.15) is 11.4 Å². The molecule has 0 saturated heterocycles. The van der Waals surface area contributed by atoms with E-state index in [9.17, 15) is 29.0 Å². The van der Waals surface area contributed by atoms with Crippen LogP contribution < -0.4 is 0 Å². The van der Waals surface area contributed by atoms with Crippen LogP contribution in [0.15, 0.2) is 12.1 Å². The molecular formula is C14H12Br2F2N4O4. The van der Waals surface area contributed by atoms with Crippen molar-refractivity contribution >= 4 is 43.2 Å². The molecule has 0 spiro atoms. The Bertz CT molecular complexity index is 852. The quantitative estimate of drug-likeness (QED) is 0.345. The third-order valence-corrected chi connectivity index (χ3v) is 4.13. The first kappa shape index (κ1) is 22.0. The zero-order chi connectivity index (χ0) is 20.0. The van der Waals surface area contributed by atoms with Gasteiger partial charge < -0.3 is 0 Å². The molecule has 0 aromatic carbocycles. The largest absolute Gasteiger partial charge is 0.294 e. The van der Waals surface area contributed by atoms with Gasteiger partial charge in [-0.1, -0.05) is 31.9 Å². The van der Waals surface area contributed by atoms with Crippen LogP contribution in [0.2, 0.25) is 0 Å². The van der Waals surface area contributed by atoms with Gasteiger partial charge >= 0.3 is 0 Å². The minimum absolute atomic E-state index is 0.167. The Balaban J connectivity index is 0.000000260. The van der Waals surface area contributed by atoms with Gasteiger partial charge in [0.2, 0.25) is 0 Å². The molecule has 0 aliphatic heterocycles. The van der Waals surface area contributed by atoms with E-state index < -0.39 is 21.5 Å². The molecule has 0 fully saturated rings.